The van der Waals surface area contributed by atoms with Crippen LogP contribution in [0.15, 0.2) is 0 Å². The Kier molecular flexibility index (Phi) is 9.02. The lowest BCUT2D eigenvalue weighted by Crippen LogP contribution is -2.49. The van der Waals surface area contributed by atoms with Crippen molar-refractivity contribution in [2.24, 2.45) is 5.92 Å². The molecule has 114 valence electrons. The molecule has 0 fully saturated rings. The summed E-state index contributed by atoms with van der Waals surface area (Å²) in [6.07, 6.45) is 1.80. The number of esters is 1. The molecule has 0 aliphatic carbocycles. The summed E-state index contributed by atoms with van der Waals surface area (Å²) in [7, 11) is 1.82. The summed E-state index contributed by atoms with van der Waals surface area (Å²) < 4.78 is 5.13. The Labute approximate surface area is 118 Å². The summed E-state index contributed by atoms with van der Waals surface area (Å²) >= 11 is 0. The average molecular weight is 272 g/mol. The van der Waals surface area contributed by atoms with E-state index in [0.29, 0.717) is 12.5 Å². The molecule has 1 atom stereocenters. The maximum Gasteiger partial charge on any atom is 0.326 e. The molecule has 0 aromatic carbocycles. The number of ether oxygens (including phenoxy) is 1. The van der Waals surface area contributed by atoms with Crippen molar-refractivity contribution in [3.05, 3.63) is 0 Å². The molecule has 0 rings (SSSR count). The Balaban J connectivity index is 4.23. The van der Waals surface area contributed by atoms with Crippen molar-refractivity contribution in [2.75, 3.05) is 33.3 Å². The molecule has 4 nitrogen and oxygen atoms in total. The van der Waals surface area contributed by atoms with Crippen molar-refractivity contribution in [3.8, 4) is 0 Å². The lowest BCUT2D eigenvalue weighted by molar-refractivity contribution is -0.150. The molecular formula is C15H32N2O2. The molecule has 0 bridgehead atoms. The van der Waals surface area contributed by atoms with Crippen molar-refractivity contribution >= 4 is 5.97 Å². The lowest BCUT2D eigenvalue weighted by Gasteiger charge is -2.28. The topological polar surface area (TPSA) is 41.6 Å². The Morgan fingerprint density at radius 1 is 1.37 bits per heavy atom. The highest BCUT2D eigenvalue weighted by atomic mass is 16.5. The number of hydrogen-bond donors (Lipinski definition) is 1. The normalized spacial score (nSPS) is 14.7. The van der Waals surface area contributed by atoms with E-state index in [2.05, 4.69) is 31.0 Å². The number of hydrogen-bond acceptors (Lipinski definition) is 4. The van der Waals surface area contributed by atoms with E-state index in [-0.39, 0.29) is 5.97 Å². The maximum absolute atomic E-state index is 11.9. The van der Waals surface area contributed by atoms with Gasteiger partial charge in [0, 0.05) is 6.54 Å². The number of carbonyl (C=O) groups excluding carboxylic acids is 1. The molecule has 0 aliphatic rings. The molecule has 4 heteroatoms. The van der Waals surface area contributed by atoms with Gasteiger partial charge in [0.1, 0.15) is 5.54 Å². The third-order valence-electron chi connectivity index (χ3n) is 3.50. The van der Waals surface area contributed by atoms with Crippen LogP contribution in [-0.2, 0) is 9.53 Å². The molecule has 0 radical (unpaired) electrons. The van der Waals surface area contributed by atoms with Gasteiger partial charge >= 0.3 is 5.97 Å². The van der Waals surface area contributed by atoms with Gasteiger partial charge in [0.25, 0.3) is 0 Å². The molecule has 0 saturated heterocycles. The highest BCUT2D eigenvalue weighted by Crippen LogP contribution is 2.15. The van der Waals surface area contributed by atoms with Crippen LogP contribution in [0.1, 0.15) is 47.5 Å². The summed E-state index contributed by atoms with van der Waals surface area (Å²) in [5.74, 6) is 0.532. The van der Waals surface area contributed by atoms with E-state index in [0.717, 1.165) is 32.5 Å². The second-order valence-electron chi connectivity index (χ2n) is 5.69. The van der Waals surface area contributed by atoms with Gasteiger partial charge in [-0.05, 0) is 52.7 Å². The van der Waals surface area contributed by atoms with Crippen LogP contribution in [0, 0.1) is 5.92 Å². The van der Waals surface area contributed by atoms with Crippen LogP contribution < -0.4 is 5.32 Å². The molecule has 0 aromatic heterocycles. The standard InChI is InChI=1S/C15H32N2O2/c1-7-17(12-13(3)4)11-9-10-15(5,16-6)14(18)19-8-2/h13,16H,7-12H2,1-6H3. The highest BCUT2D eigenvalue weighted by molar-refractivity contribution is 5.80. The summed E-state index contributed by atoms with van der Waals surface area (Å²) in [5.41, 5.74) is -0.562. The molecule has 0 aromatic rings. The van der Waals surface area contributed by atoms with Crippen LogP contribution in [0.4, 0.5) is 0 Å². The van der Waals surface area contributed by atoms with E-state index < -0.39 is 5.54 Å². The first kappa shape index (κ1) is 18.4. The zero-order valence-electron chi connectivity index (χ0n) is 13.6. The maximum atomic E-state index is 11.9. The molecule has 0 heterocycles. The molecule has 19 heavy (non-hydrogen) atoms. The Hall–Kier alpha value is -0.610. The summed E-state index contributed by atoms with van der Waals surface area (Å²) in [4.78, 5) is 14.4. The highest BCUT2D eigenvalue weighted by Gasteiger charge is 2.32. The Bertz CT molecular complexity index is 257. The Morgan fingerprint density at radius 2 is 2.00 bits per heavy atom. The van der Waals surface area contributed by atoms with E-state index in [9.17, 15) is 4.79 Å². The summed E-state index contributed by atoms with van der Waals surface area (Å²) in [6.45, 7) is 14.1. The van der Waals surface area contributed by atoms with Crippen molar-refractivity contribution in [1.29, 1.82) is 0 Å². The van der Waals surface area contributed by atoms with Crippen molar-refractivity contribution in [1.82, 2.24) is 10.2 Å². The van der Waals surface area contributed by atoms with Gasteiger partial charge in [-0.1, -0.05) is 20.8 Å². The minimum Gasteiger partial charge on any atom is -0.465 e. The van der Waals surface area contributed by atoms with Gasteiger partial charge in [-0.3, -0.25) is 4.79 Å². The molecule has 0 amide bonds. The van der Waals surface area contributed by atoms with E-state index in [1.165, 1.54) is 0 Å². The van der Waals surface area contributed by atoms with Crippen LogP contribution in [0.3, 0.4) is 0 Å². The molecule has 1 unspecified atom stereocenters. The van der Waals surface area contributed by atoms with E-state index >= 15 is 0 Å². The van der Waals surface area contributed by atoms with Crippen molar-refractivity contribution in [2.45, 2.75) is 53.0 Å². The van der Waals surface area contributed by atoms with Crippen LogP contribution in [0.5, 0.6) is 0 Å². The SMILES string of the molecule is CCOC(=O)C(C)(CCCN(CC)CC(C)C)NC. The number of carbonyl (C=O) groups is 1. The molecule has 0 saturated carbocycles. The number of rotatable bonds is 10. The monoisotopic (exact) mass is 272 g/mol. The number of nitrogens with zero attached hydrogens (tertiary/aromatic N) is 1. The second-order valence-corrected chi connectivity index (χ2v) is 5.69. The molecular weight excluding hydrogens is 240 g/mol. The molecule has 1 N–H and O–H groups in total. The smallest absolute Gasteiger partial charge is 0.326 e. The third-order valence-corrected chi connectivity index (χ3v) is 3.50. The van der Waals surface area contributed by atoms with Gasteiger partial charge in [-0.25, -0.2) is 0 Å². The van der Waals surface area contributed by atoms with Crippen molar-refractivity contribution in [3.63, 3.8) is 0 Å². The van der Waals surface area contributed by atoms with Crippen LogP contribution in [-0.4, -0.2) is 49.7 Å². The summed E-state index contributed by atoms with van der Waals surface area (Å²) in [6, 6.07) is 0. The fraction of sp³-hybridized carbons (Fsp3) is 0.933. The van der Waals surface area contributed by atoms with Crippen LogP contribution >= 0.6 is 0 Å². The number of likely N-dealkylation sites (N-methyl/N-ethyl adjacent to an activating group) is 1. The van der Waals surface area contributed by atoms with Gasteiger partial charge in [-0.15, -0.1) is 0 Å². The van der Waals surface area contributed by atoms with Crippen molar-refractivity contribution < 1.29 is 9.53 Å². The zero-order valence-corrected chi connectivity index (χ0v) is 13.6. The van der Waals surface area contributed by atoms with Crippen LogP contribution in [0.25, 0.3) is 0 Å². The minimum atomic E-state index is -0.562. The second kappa shape index (κ2) is 9.32. The number of nitrogens with one attached hydrogen (secondary N) is 1. The first-order valence-corrected chi connectivity index (χ1v) is 7.48. The van der Waals surface area contributed by atoms with Gasteiger partial charge in [0.05, 0.1) is 6.61 Å². The quantitative estimate of drug-likeness (QED) is 0.620. The van der Waals surface area contributed by atoms with Gasteiger partial charge < -0.3 is 15.0 Å². The first-order valence-electron chi connectivity index (χ1n) is 7.48. The van der Waals surface area contributed by atoms with E-state index in [1.54, 1.807) is 0 Å². The predicted molar refractivity (Wildman–Crippen MR) is 80.3 cm³/mol. The zero-order chi connectivity index (χ0) is 14.9. The van der Waals surface area contributed by atoms with Gasteiger partial charge in [-0.2, -0.15) is 0 Å². The Morgan fingerprint density at radius 3 is 2.42 bits per heavy atom. The minimum absolute atomic E-state index is 0.149. The first-order chi connectivity index (χ1) is 8.89. The third kappa shape index (κ3) is 6.92. The average Bonchev–Trinajstić information content (AvgIpc) is 2.37. The van der Waals surface area contributed by atoms with Gasteiger partial charge in [0.2, 0.25) is 0 Å². The molecule has 0 spiro atoms. The lowest BCUT2D eigenvalue weighted by atomic mass is 9.96. The summed E-state index contributed by atoms with van der Waals surface area (Å²) in [5, 5.41) is 3.10. The fourth-order valence-electron chi connectivity index (χ4n) is 2.17. The van der Waals surface area contributed by atoms with E-state index in [4.69, 9.17) is 4.74 Å². The largest absolute Gasteiger partial charge is 0.465 e. The predicted octanol–water partition coefficient (Wildman–Crippen LogP) is 2.29. The van der Waals surface area contributed by atoms with Crippen LogP contribution in [0.2, 0.25) is 0 Å². The van der Waals surface area contributed by atoms with Gasteiger partial charge in [0.15, 0.2) is 0 Å². The molecule has 0 aliphatic heterocycles. The fourth-order valence-corrected chi connectivity index (χ4v) is 2.17. The van der Waals surface area contributed by atoms with E-state index in [1.807, 2.05) is 20.9 Å².